The Kier molecular flexibility index (Phi) is 5.48. The Balaban J connectivity index is 1.35. The molecule has 2 aromatic rings. The van der Waals surface area contributed by atoms with E-state index < -0.39 is 0 Å². The van der Waals surface area contributed by atoms with E-state index in [2.05, 4.69) is 24.5 Å². The SMILES string of the molecule is CSc1cccc(NC(=O)Nc2nc3c(s2)C[C@@]2(C)CC[C@@H]4[C@H](OC(=O)[C@H]4C)[C@H]2[C@@H]3C)c1. The average Bonchev–Trinajstić information content (AvgIpc) is 3.27. The summed E-state index contributed by atoms with van der Waals surface area (Å²) < 4.78 is 5.91. The number of carbonyl (C=O) groups excluding carboxylic acids is 2. The van der Waals surface area contributed by atoms with E-state index in [0.29, 0.717) is 11.0 Å². The molecule has 6 atom stereocenters. The Hall–Kier alpha value is -2.06. The summed E-state index contributed by atoms with van der Waals surface area (Å²) in [7, 11) is 0. The smallest absolute Gasteiger partial charge is 0.325 e. The minimum atomic E-state index is -0.288. The van der Waals surface area contributed by atoms with Crippen LogP contribution in [0.5, 0.6) is 0 Å². The number of amides is 2. The molecule has 5 rings (SSSR count). The molecule has 170 valence electrons. The van der Waals surface area contributed by atoms with Crippen molar-refractivity contribution in [2.45, 2.75) is 57.0 Å². The number of aromatic nitrogens is 1. The van der Waals surface area contributed by atoms with Crippen LogP contribution in [0.25, 0.3) is 0 Å². The predicted octanol–water partition coefficient (Wildman–Crippen LogP) is 5.76. The molecule has 1 aliphatic heterocycles. The molecule has 2 N–H and O–H groups in total. The number of hydrogen-bond acceptors (Lipinski definition) is 6. The number of thioether (sulfide) groups is 1. The minimum Gasteiger partial charge on any atom is -0.461 e. The van der Waals surface area contributed by atoms with Crippen molar-refractivity contribution in [3.05, 3.63) is 34.8 Å². The molecule has 32 heavy (non-hydrogen) atoms. The Bertz CT molecular complexity index is 1070. The Morgan fingerprint density at radius 1 is 1.28 bits per heavy atom. The highest BCUT2D eigenvalue weighted by Gasteiger charge is 2.58. The average molecular weight is 472 g/mol. The van der Waals surface area contributed by atoms with Gasteiger partial charge in [-0.1, -0.05) is 26.8 Å². The molecule has 2 fully saturated rings. The van der Waals surface area contributed by atoms with E-state index in [0.717, 1.165) is 35.5 Å². The van der Waals surface area contributed by atoms with E-state index in [9.17, 15) is 9.59 Å². The van der Waals surface area contributed by atoms with Gasteiger partial charge in [0.1, 0.15) is 6.10 Å². The summed E-state index contributed by atoms with van der Waals surface area (Å²) in [4.78, 5) is 32.0. The number of thiazole rings is 1. The standard InChI is InChI=1S/C24H29N3O3S2/c1-12-16-8-9-24(3)11-17-19(13(2)18(24)20(16)30-21(12)28)26-23(32-17)27-22(29)25-14-6-5-7-15(10-14)31-4/h5-7,10,12-13,16,18,20H,8-9,11H2,1-4H3,(H2,25,26,27,29)/t12-,13-,16-,18+,20-,24+/m0/s1. The summed E-state index contributed by atoms with van der Waals surface area (Å²) in [6.07, 6.45) is 5.03. The largest absolute Gasteiger partial charge is 0.461 e. The van der Waals surface area contributed by atoms with Crippen molar-refractivity contribution in [1.29, 1.82) is 0 Å². The zero-order chi connectivity index (χ0) is 22.6. The van der Waals surface area contributed by atoms with Gasteiger partial charge >= 0.3 is 12.0 Å². The number of hydrogen-bond donors (Lipinski definition) is 2. The van der Waals surface area contributed by atoms with Crippen LogP contribution in [0.3, 0.4) is 0 Å². The number of rotatable bonds is 3. The van der Waals surface area contributed by atoms with Crippen LogP contribution in [-0.4, -0.2) is 29.3 Å². The summed E-state index contributed by atoms with van der Waals surface area (Å²) in [5.74, 6) is 0.691. The second kappa shape index (κ2) is 8.06. The second-order valence-corrected chi connectivity index (χ2v) is 11.6. The van der Waals surface area contributed by atoms with Gasteiger partial charge in [-0.2, -0.15) is 0 Å². The van der Waals surface area contributed by atoms with E-state index in [1.165, 1.54) is 4.88 Å². The van der Waals surface area contributed by atoms with Gasteiger partial charge in [-0.15, -0.1) is 23.1 Å². The van der Waals surface area contributed by atoms with Crippen LogP contribution in [-0.2, 0) is 16.0 Å². The van der Waals surface area contributed by atoms with Crippen molar-refractivity contribution in [3.63, 3.8) is 0 Å². The molecule has 8 heteroatoms. The van der Waals surface area contributed by atoms with Gasteiger partial charge in [0.25, 0.3) is 0 Å². The fourth-order valence-electron chi connectivity index (χ4n) is 6.09. The zero-order valence-electron chi connectivity index (χ0n) is 18.8. The van der Waals surface area contributed by atoms with Crippen LogP contribution < -0.4 is 10.6 Å². The first kappa shape index (κ1) is 21.8. The van der Waals surface area contributed by atoms with E-state index in [1.54, 1.807) is 23.1 Å². The van der Waals surface area contributed by atoms with E-state index in [-0.39, 0.29) is 41.3 Å². The number of carbonyl (C=O) groups is 2. The summed E-state index contributed by atoms with van der Waals surface area (Å²) in [5, 5.41) is 6.45. The number of ether oxygens (including phenoxy) is 1. The minimum absolute atomic E-state index is 0.0147. The van der Waals surface area contributed by atoms with Crippen molar-refractivity contribution in [2.24, 2.45) is 23.2 Å². The zero-order valence-corrected chi connectivity index (χ0v) is 20.4. The molecule has 1 saturated carbocycles. The number of benzene rings is 1. The van der Waals surface area contributed by atoms with Gasteiger partial charge in [0, 0.05) is 33.2 Å². The maximum absolute atomic E-state index is 12.6. The number of fused-ring (bicyclic) bond motifs is 4. The molecule has 0 bridgehead atoms. The fourth-order valence-corrected chi connectivity index (χ4v) is 7.81. The quantitative estimate of drug-likeness (QED) is 0.439. The maximum atomic E-state index is 12.6. The van der Waals surface area contributed by atoms with E-state index in [1.807, 2.05) is 37.4 Å². The van der Waals surface area contributed by atoms with Gasteiger partial charge in [-0.3, -0.25) is 10.1 Å². The van der Waals surface area contributed by atoms with Gasteiger partial charge < -0.3 is 10.1 Å². The van der Waals surface area contributed by atoms with Crippen LogP contribution in [0.2, 0.25) is 0 Å². The molecule has 1 aromatic carbocycles. The van der Waals surface area contributed by atoms with E-state index >= 15 is 0 Å². The molecule has 1 saturated heterocycles. The van der Waals surface area contributed by atoms with Crippen LogP contribution in [0.1, 0.15) is 50.1 Å². The summed E-state index contributed by atoms with van der Waals surface area (Å²) in [5.41, 5.74) is 1.89. The molecule has 0 unspecified atom stereocenters. The molecule has 2 heterocycles. The lowest BCUT2D eigenvalue weighted by atomic mass is 9.54. The first-order valence-electron chi connectivity index (χ1n) is 11.2. The van der Waals surface area contributed by atoms with Crippen molar-refractivity contribution in [1.82, 2.24) is 4.98 Å². The third-order valence-electron chi connectivity index (χ3n) is 7.71. The third-order valence-corrected chi connectivity index (χ3v) is 9.42. The van der Waals surface area contributed by atoms with Crippen molar-refractivity contribution in [2.75, 3.05) is 16.9 Å². The monoisotopic (exact) mass is 471 g/mol. The van der Waals surface area contributed by atoms with Crippen LogP contribution in [0, 0.1) is 23.2 Å². The maximum Gasteiger partial charge on any atom is 0.325 e. The third kappa shape index (κ3) is 3.61. The highest BCUT2D eigenvalue weighted by Crippen LogP contribution is 2.59. The Morgan fingerprint density at radius 3 is 2.88 bits per heavy atom. The Morgan fingerprint density at radius 2 is 2.09 bits per heavy atom. The highest BCUT2D eigenvalue weighted by molar-refractivity contribution is 7.98. The molecule has 0 spiro atoms. The number of anilines is 2. The summed E-state index contributed by atoms with van der Waals surface area (Å²) in [6.45, 7) is 6.55. The molecule has 6 nitrogen and oxygen atoms in total. The summed E-state index contributed by atoms with van der Waals surface area (Å²) >= 11 is 3.21. The number of esters is 1. The predicted molar refractivity (Wildman–Crippen MR) is 128 cm³/mol. The first-order chi connectivity index (χ1) is 15.3. The van der Waals surface area contributed by atoms with Gasteiger partial charge in [-0.05, 0) is 49.1 Å². The molecule has 2 aliphatic carbocycles. The topological polar surface area (TPSA) is 80.3 Å². The first-order valence-corrected chi connectivity index (χ1v) is 13.3. The van der Waals surface area contributed by atoms with Gasteiger partial charge in [0.2, 0.25) is 0 Å². The number of nitrogens with one attached hydrogen (secondary N) is 2. The summed E-state index contributed by atoms with van der Waals surface area (Å²) in [6, 6.07) is 7.48. The number of urea groups is 1. The molecule has 1 aromatic heterocycles. The lowest BCUT2D eigenvalue weighted by Crippen LogP contribution is -2.50. The molecule has 2 amide bonds. The van der Waals surface area contributed by atoms with Gasteiger partial charge in [-0.25, -0.2) is 9.78 Å². The molecular weight excluding hydrogens is 442 g/mol. The van der Waals surface area contributed by atoms with Crippen molar-refractivity contribution in [3.8, 4) is 0 Å². The van der Waals surface area contributed by atoms with Crippen molar-refractivity contribution >= 4 is 45.9 Å². The van der Waals surface area contributed by atoms with Crippen LogP contribution >= 0.6 is 23.1 Å². The normalized spacial score (nSPS) is 33.0. The molecule has 3 aliphatic rings. The van der Waals surface area contributed by atoms with E-state index in [4.69, 9.17) is 9.72 Å². The highest BCUT2D eigenvalue weighted by atomic mass is 32.2. The lowest BCUT2D eigenvalue weighted by Gasteiger charge is -2.51. The van der Waals surface area contributed by atoms with Crippen molar-refractivity contribution < 1.29 is 14.3 Å². The number of nitrogens with zero attached hydrogens (tertiary/aromatic N) is 1. The second-order valence-electron chi connectivity index (χ2n) is 9.68. The fraction of sp³-hybridized carbons (Fsp3) is 0.542. The van der Waals surface area contributed by atoms with Crippen LogP contribution in [0.15, 0.2) is 29.2 Å². The van der Waals surface area contributed by atoms with Gasteiger partial charge in [0.15, 0.2) is 5.13 Å². The van der Waals surface area contributed by atoms with Crippen LogP contribution in [0.4, 0.5) is 15.6 Å². The molecule has 0 radical (unpaired) electrons. The lowest BCUT2D eigenvalue weighted by molar-refractivity contribution is -0.149. The molecular formula is C24H29N3O3S2. The van der Waals surface area contributed by atoms with Gasteiger partial charge in [0.05, 0.1) is 11.6 Å². The Labute approximate surface area is 196 Å².